The van der Waals surface area contributed by atoms with Crippen LogP contribution in [0.5, 0.6) is 5.75 Å². The van der Waals surface area contributed by atoms with Gasteiger partial charge in [-0.15, -0.1) is 28.1 Å². The third-order valence-electron chi connectivity index (χ3n) is 4.89. The summed E-state index contributed by atoms with van der Waals surface area (Å²) in [5.41, 5.74) is 1.18. The molecule has 1 atom stereocenters. The molecule has 1 N–H and O–H groups in total. The Morgan fingerprint density at radius 2 is 2.12 bits per heavy atom. The first kappa shape index (κ1) is 25.8. The Kier molecular flexibility index (Phi) is 8.76. The fourth-order valence-corrected chi connectivity index (χ4v) is 5.16. The van der Waals surface area contributed by atoms with Gasteiger partial charge in [0, 0.05) is 16.4 Å². The highest BCUT2D eigenvalue weighted by Gasteiger charge is 2.23. The van der Waals surface area contributed by atoms with Gasteiger partial charge in [-0.1, -0.05) is 35.5 Å². The first-order valence-electron chi connectivity index (χ1n) is 10.3. The number of nitrogens with one attached hydrogen (secondary N) is 1. The van der Waals surface area contributed by atoms with Crippen LogP contribution in [0.3, 0.4) is 0 Å². The molecule has 1 amide bonds. The average Bonchev–Trinajstić information content (AvgIpc) is 3.32. The monoisotopic (exact) mass is 520 g/mol. The second-order valence-electron chi connectivity index (χ2n) is 7.27. The van der Waals surface area contributed by atoms with E-state index in [1.807, 2.05) is 31.4 Å². The number of aryl methyl sites for hydroxylation is 1. The molecule has 0 aliphatic carbocycles. The largest absolute Gasteiger partial charge is 0.483 e. The van der Waals surface area contributed by atoms with Crippen LogP contribution in [0.1, 0.15) is 39.7 Å². The Labute approximate surface area is 211 Å². The van der Waals surface area contributed by atoms with Crippen LogP contribution >= 0.6 is 34.7 Å². The zero-order valence-electron chi connectivity index (χ0n) is 19.3. The number of anilines is 1. The number of hydrogen-bond donors (Lipinski definition) is 1. The van der Waals surface area contributed by atoms with Crippen molar-refractivity contribution in [2.75, 3.05) is 18.2 Å². The van der Waals surface area contributed by atoms with Gasteiger partial charge in [-0.2, -0.15) is 0 Å². The summed E-state index contributed by atoms with van der Waals surface area (Å²) in [6, 6.07) is 7.11. The second-order valence-corrected chi connectivity index (χ2v) is 9.88. The maximum atomic E-state index is 12.7. The normalized spacial score (nSPS) is 11.7. The number of carbonyl (C=O) groups excluding carboxylic acids is 2. The van der Waals surface area contributed by atoms with E-state index in [0.717, 1.165) is 10.4 Å². The Bertz CT molecular complexity index is 1210. The Balaban J connectivity index is 1.71. The molecule has 0 aliphatic rings. The molecule has 0 spiro atoms. The number of nitrogens with zero attached hydrogens (tertiary/aromatic N) is 3. The minimum atomic E-state index is -0.478. The quantitative estimate of drug-likeness (QED) is 0.215. The topological polar surface area (TPSA) is 95.3 Å². The number of rotatable bonds is 10. The number of amides is 1. The molecule has 0 saturated heterocycles. The first-order valence-corrected chi connectivity index (χ1v) is 12.5. The SMILES string of the molecule is C=CCn1c(SCC(=O)Nc2sc(C)c(C)c2C(=O)OC)nnc1C(C)Oc1cccc(Cl)c1. The molecule has 8 nitrogen and oxygen atoms in total. The number of ether oxygens (including phenoxy) is 2. The summed E-state index contributed by atoms with van der Waals surface area (Å²) in [5.74, 6) is 0.545. The number of methoxy groups -OCH3 is 1. The molecule has 0 bridgehead atoms. The van der Waals surface area contributed by atoms with Crippen LogP contribution in [0.2, 0.25) is 5.02 Å². The van der Waals surface area contributed by atoms with E-state index >= 15 is 0 Å². The predicted octanol–water partition coefficient (Wildman–Crippen LogP) is 5.45. The van der Waals surface area contributed by atoms with Crippen molar-refractivity contribution in [2.24, 2.45) is 0 Å². The van der Waals surface area contributed by atoms with Crippen molar-refractivity contribution in [1.29, 1.82) is 0 Å². The molecule has 1 aromatic carbocycles. The van der Waals surface area contributed by atoms with Gasteiger partial charge in [-0.05, 0) is 44.5 Å². The molecule has 2 heterocycles. The standard InChI is InChI=1S/C23H25ClN4O4S2/c1-6-10-28-20(14(3)32-17-9-7-8-16(24)11-17)26-27-23(28)33-12-18(29)25-21-19(22(30)31-5)13(2)15(4)34-21/h6-9,11,14H,1,10,12H2,2-5H3,(H,25,29). The molecule has 1 unspecified atom stereocenters. The summed E-state index contributed by atoms with van der Waals surface area (Å²) in [6.07, 6.45) is 1.32. The van der Waals surface area contributed by atoms with Crippen LogP contribution in [0, 0.1) is 13.8 Å². The third-order valence-corrected chi connectivity index (χ3v) is 7.21. The van der Waals surface area contributed by atoms with Crippen LogP contribution in [0.15, 0.2) is 42.1 Å². The van der Waals surface area contributed by atoms with Crippen molar-refractivity contribution in [3.05, 3.63) is 63.8 Å². The maximum absolute atomic E-state index is 12.7. The zero-order chi connectivity index (χ0) is 24.8. The average molecular weight is 521 g/mol. The number of thioether (sulfide) groups is 1. The fraction of sp³-hybridized carbons (Fsp3) is 0.304. The molecule has 0 fully saturated rings. The number of allylic oxidation sites excluding steroid dienone is 1. The van der Waals surface area contributed by atoms with Crippen molar-refractivity contribution < 1.29 is 19.1 Å². The van der Waals surface area contributed by atoms with Gasteiger partial charge >= 0.3 is 5.97 Å². The first-order chi connectivity index (χ1) is 16.2. The molecular formula is C23H25ClN4O4S2. The van der Waals surface area contributed by atoms with Crippen LogP contribution in [0.25, 0.3) is 0 Å². The third kappa shape index (κ3) is 5.99. The number of esters is 1. The molecule has 11 heteroatoms. The predicted molar refractivity (Wildman–Crippen MR) is 135 cm³/mol. The number of benzene rings is 1. The summed E-state index contributed by atoms with van der Waals surface area (Å²) in [4.78, 5) is 25.7. The highest BCUT2D eigenvalue weighted by Crippen LogP contribution is 2.33. The van der Waals surface area contributed by atoms with Crippen LogP contribution in [0.4, 0.5) is 5.00 Å². The lowest BCUT2D eigenvalue weighted by molar-refractivity contribution is -0.113. The lowest BCUT2D eigenvalue weighted by Gasteiger charge is -2.16. The summed E-state index contributed by atoms with van der Waals surface area (Å²) in [5, 5.41) is 12.9. The van der Waals surface area contributed by atoms with Crippen molar-refractivity contribution >= 4 is 51.6 Å². The lowest BCUT2D eigenvalue weighted by Crippen LogP contribution is -2.17. The van der Waals surface area contributed by atoms with Gasteiger partial charge in [0.15, 0.2) is 17.1 Å². The Morgan fingerprint density at radius 3 is 2.79 bits per heavy atom. The summed E-state index contributed by atoms with van der Waals surface area (Å²) in [7, 11) is 1.32. The number of halogens is 1. The molecule has 2 aromatic heterocycles. The maximum Gasteiger partial charge on any atom is 0.341 e. The number of carbonyl (C=O) groups is 2. The molecular weight excluding hydrogens is 496 g/mol. The second kappa shape index (κ2) is 11.5. The van der Waals surface area contributed by atoms with E-state index in [1.165, 1.54) is 30.2 Å². The van der Waals surface area contributed by atoms with E-state index in [0.29, 0.717) is 38.9 Å². The minimum absolute atomic E-state index is 0.0788. The number of hydrogen-bond acceptors (Lipinski definition) is 8. The van der Waals surface area contributed by atoms with Gasteiger partial charge in [0.05, 0.1) is 18.4 Å². The van der Waals surface area contributed by atoms with Gasteiger partial charge in [0.25, 0.3) is 0 Å². The highest BCUT2D eigenvalue weighted by molar-refractivity contribution is 7.99. The zero-order valence-corrected chi connectivity index (χ0v) is 21.6. The Hall–Kier alpha value is -2.82. The molecule has 3 aromatic rings. The van der Waals surface area contributed by atoms with Crippen molar-refractivity contribution in [3.8, 4) is 5.75 Å². The molecule has 180 valence electrons. The van der Waals surface area contributed by atoms with Crippen LogP contribution < -0.4 is 10.1 Å². The summed E-state index contributed by atoms with van der Waals surface area (Å²) < 4.78 is 12.7. The van der Waals surface area contributed by atoms with Gasteiger partial charge in [-0.25, -0.2) is 4.79 Å². The lowest BCUT2D eigenvalue weighted by atomic mass is 10.1. The van der Waals surface area contributed by atoms with Gasteiger partial charge in [-0.3, -0.25) is 9.36 Å². The molecule has 3 rings (SSSR count). The number of thiophene rings is 1. The smallest absolute Gasteiger partial charge is 0.341 e. The number of aromatic nitrogens is 3. The van der Waals surface area contributed by atoms with E-state index in [-0.39, 0.29) is 11.7 Å². The molecule has 34 heavy (non-hydrogen) atoms. The van der Waals surface area contributed by atoms with Gasteiger partial charge < -0.3 is 14.8 Å². The highest BCUT2D eigenvalue weighted by atomic mass is 35.5. The van der Waals surface area contributed by atoms with Crippen molar-refractivity contribution in [2.45, 2.75) is 38.6 Å². The molecule has 0 saturated carbocycles. The van der Waals surface area contributed by atoms with E-state index in [4.69, 9.17) is 21.1 Å². The van der Waals surface area contributed by atoms with E-state index in [1.54, 1.807) is 24.3 Å². The summed E-state index contributed by atoms with van der Waals surface area (Å²) in [6.45, 7) is 9.83. The molecule has 0 aliphatic heterocycles. The molecule has 0 radical (unpaired) electrons. The minimum Gasteiger partial charge on any atom is -0.483 e. The van der Waals surface area contributed by atoms with Crippen LogP contribution in [-0.2, 0) is 16.1 Å². The van der Waals surface area contributed by atoms with Crippen LogP contribution in [-0.4, -0.2) is 39.5 Å². The van der Waals surface area contributed by atoms with E-state index in [2.05, 4.69) is 22.1 Å². The van der Waals surface area contributed by atoms with Crippen molar-refractivity contribution in [3.63, 3.8) is 0 Å². The van der Waals surface area contributed by atoms with Crippen molar-refractivity contribution in [1.82, 2.24) is 14.8 Å². The van der Waals surface area contributed by atoms with E-state index in [9.17, 15) is 9.59 Å². The Morgan fingerprint density at radius 1 is 1.35 bits per heavy atom. The fourth-order valence-electron chi connectivity index (χ4n) is 3.16. The van der Waals surface area contributed by atoms with E-state index < -0.39 is 12.1 Å². The van der Waals surface area contributed by atoms with Gasteiger partial charge in [0.1, 0.15) is 10.8 Å². The van der Waals surface area contributed by atoms with Gasteiger partial charge in [0.2, 0.25) is 5.91 Å². The summed E-state index contributed by atoms with van der Waals surface area (Å²) >= 11 is 8.62.